The summed E-state index contributed by atoms with van der Waals surface area (Å²) >= 11 is 0. The van der Waals surface area contributed by atoms with Crippen LogP contribution in [0.5, 0.6) is 0 Å². The van der Waals surface area contributed by atoms with Gasteiger partial charge in [-0.05, 0) is 26.2 Å². The summed E-state index contributed by atoms with van der Waals surface area (Å²) < 4.78 is 0. The van der Waals surface area contributed by atoms with Crippen LogP contribution in [0.25, 0.3) is 0 Å². The number of nitrogens with zero attached hydrogens (tertiary/aromatic N) is 2. The molecule has 2 rings (SSSR count). The van der Waals surface area contributed by atoms with Gasteiger partial charge in [0.05, 0.1) is 0 Å². The second kappa shape index (κ2) is 5.98. The Balaban J connectivity index is 1.78. The number of rotatable bonds is 7. The number of carbonyl (C=O) groups is 1. The highest BCUT2D eigenvalue weighted by molar-refractivity contribution is 5.90. The summed E-state index contributed by atoms with van der Waals surface area (Å²) in [6, 6.07) is 0.187. The summed E-state index contributed by atoms with van der Waals surface area (Å²) in [5, 5.41) is 9.77. The van der Waals surface area contributed by atoms with E-state index in [4.69, 9.17) is 0 Å². The van der Waals surface area contributed by atoms with E-state index in [0.717, 1.165) is 31.5 Å². The molecule has 0 radical (unpaired) electrons. The quantitative estimate of drug-likeness (QED) is 0.730. The van der Waals surface area contributed by atoms with Gasteiger partial charge in [0.2, 0.25) is 5.82 Å². The molecule has 1 fully saturated rings. The molecule has 2 N–H and O–H groups in total. The van der Waals surface area contributed by atoms with Crippen LogP contribution in [0.1, 0.15) is 74.7 Å². The molecule has 1 saturated carbocycles. The van der Waals surface area contributed by atoms with Crippen LogP contribution in [0.15, 0.2) is 0 Å². The fraction of sp³-hybridized carbons (Fsp3) is 0.769. The Kier molecular flexibility index (Phi) is 4.33. The standard InChI is InChI=1S/C13H22N4O/c1-3-4-5-6-9(2)14-13(18)12-15-11(16-17-12)10-7-8-10/h9-10H,3-8H2,1-2H3,(H,14,18)(H,15,16,17). The van der Waals surface area contributed by atoms with Crippen molar-refractivity contribution in [1.82, 2.24) is 20.5 Å². The zero-order valence-electron chi connectivity index (χ0n) is 11.2. The fourth-order valence-electron chi connectivity index (χ4n) is 1.98. The molecule has 0 saturated heterocycles. The summed E-state index contributed by atoms with van der Waals surface area (Å²) in [7, 11) is 0. The van der Waals surface area contributed by atoms with Crippen LogP contribution < -0.4 is 5.32 Å². The number of hydrogen-bond donors (Lipinski definition) is 2. The molecule has 18 heavy (non-hydrogen) atoms. The molecule has 0 spiro atoms. The highest BCUT2D eigenvalue weighted by atomic mass is 16.2. The third kappa shape index (κ3) is 3.55. The zero-order valence-corrected chi connectivity index (χ0v) is 11.2. The van der Waals surface area contributed by atoms with Gasteiger partial charge >= 0.3 is 0 Å². The van der Waals surface area contributed by atoms with Crippen molar-refractivity contribution in [3.8, 4) is 0 Å². The molecule has 5 heteroatoms. The minimum Gasteiger partial charge on any atom is -0.347 e. The fourth-order valence-corrected chi connectivity index (χ4v) is 1.98. The van der Waals surface area contributed by atoms with Gasteiger partial charge in [0.25, 0.3) is 5.91 Å². The smallest absolute Gasteiger partial charge is 0.291 e. The van der Waals surface area contributed by atoms with E-state index in [1.807, 2.05) is 6.92 Å². The van der Waals surface area contributed by atoms with Gasteiger partial charge in [0, 0.05) is 12.0 Å². The molecule has 0 aliphatic heterocycles. The van der Waals surface area contributed by atoms with E-state index in [9.17, 15) is 4.79 Å². The monoisotopic (exact) mass is 250 g/mol. The summed E-state index contributed by atoms with van der Waals surface area (Å²) in [6.45, 7) is 4.21. The average molecular weight is 250 g/mol. The van der Waals surface area contributed by atoms with Crippen molar-refractivity contribution in [3.63, 3.8) is 0 Å². The normalized spacial score (nSPS) is 16.6. The maximum absolute atomic E-state index is 11.9. The van der Waals surface area contributed by atoms with E-state index in [0.29, 0.717) is 5.92 Å². The van der Waals surface area contributed by atoms with Gasteiger partial charge in [-0.3, -0.25) is 9.89 Å². The minimum atomic E-state index is -0.165. The number of H-pyrrole nitrogens is 1. The number of aromatic nitrogens is 3. The molecule has 1 aliphatic carbocycles. The Hall–Kier alpha value is -1.39. The second-order valence-electron chi connectivity index (χ2n) is 5.19. The topological polar surface area (TPSA) is 70.7 Å². The summed E-state index contributed by atoms with van der Waals surface area (Å²) in [4.78, 5) is 16.1. The van der Waals surface area contributed by atoms with Crippen molar-refractivity contribution in [3.05, 3.63) is 11.6 Å². The number of unbranched alkanes of at least 4 members (excludes halogenated alkanes) is 2. The predicted octanol–water partition coefficient (Wildman–Crippen LogP) is 2.38. The maximum Gasteiger partial charge on any atom is 0.291 e. The first-order valence-electron chi connectivity index (χ1n) is 6.94. The van der Waals surface area contributed by atoms with Gasteiger partial charge in [0.1, 0.15) is 5.82 Å². The Labute approximate surface area is 108 Å². The molecule has 0 bridgehead atoms. The Morgan fingerprint density at radius 2 is 2.28 bits per heavy atom. The molecule has 1 aromatic rings. The third-order valence-electron chi connectivity index (χ3n) is 3.29. The van der Waals surface area contributed by atoms with Crippen molar-refractivity contribution >= 4 is 5.91 Å². The Bertz CT molecular complexity index is 397. The first kappa shape index (κ1) is 13.1. The number of amides is 1. The number of aromatic amines is 1. The largest absolute Gasteiger partial charge is 0.347 e. The van der Waals surface area contributed by atoms with Crippen molar-refractivity contribution in [2.45, 2.75) is 64.3 Å². The Morgan fingerprint density at radius 3 is 2.94 bits per heavy atom. The molecular formula is C13H22N4O. The summed E-state index contributed by atoms with van der Waals surface area (Å²) in [6.07, 6.45) is 6.89. The number of hydrogen-bond acceptors (Lipinski definition) is 3. The van der Waals surface area contributed by atoms with E-state index in [1.54, 1.807) is 0 Å². The van der Waals surface area contributed by atoms with Crippen LogP contribution in [0, 0.1) is 0 Å². The third-order valence-corrected chi connectivity index (χ3v) is 3.29. The van der Waals surface area contributed by atoms with Crippen LogP contribution >= 0.6 is 0 Å². The highest BCUT2D eigenvalue weighted by Crippen LogP contribution is 2.37. The first-order chi connectivity index (χ1) is 8.70. The number of nitrogens with one attached hydrogen (secondary N) is 2. The van der Waals surface area contributed by atoms with Crippen LogP contribution in [-0.2, 0) is 0 Å². The van der Waals surface area contributed by atoms with Crippen LogP contribution in [0.4, 0.5) is 0 Å². The van der Waals surface area contributed by atoms with E-state index < -0.39 is 0 Å². The van der Waals surface area contributed by atoms with Gasteiger partial charge in [-0.1, -0.05) is 26.2 Å². The molecule has 1 aliphatic rings. The van der Waals surface area contributed by atoms with E-state index in [2.05, 4.69) is 27.4 Å². The lowest BCUT2D eigenvalue weighted by Crippen LogP contribution is -2.33. The molecule has 1 aromatic heterocycles. The molecule has 100 valence electrons. The molecular weight excluding hydrogens is 228 g/mol. The lowest BCUT2D eigenvalue weighted by molar-refractivity contribution is 0.0927. The lowest BCUT2D eigenvalue weighted by atomic mass is 10.1. The molecule has 1 amide bonds. The zero-order chi connectivity index (χ0) is 13.0. The van der Waals surface area contributed by atoms with Gasteiger partial charge in [-0.25, -0.2) is 4.98 Å². The maximum atomic E-state index is 11.9. The molecule has 1 heterocycles. The lowest BCUT2D eigenvalue weighted by Gasteiger charge is -2.11. The SMILES string of the molecule is CCCCCC(C)NC(=O)c1n[nH]c(C2CC2)n1. The molecule has 5 nitrogen and oxygen atoms in total. The average Bonchev–Trinajstić information content (AvgIpc) is 3.07. The van der Waals surface area contributed by atoms with Crippen LogP contribution in [-0.4, -0.2) is 27.1 Å². The summed E-state index contributed by atoms with van der Waals surface area (Å²) in [5.41, 5.74) is 0. The highest BCUT2D eigenvalue weighted by Gasteiger charge is 2.28. The van der Waals surface area contributed by atoms with Gasteiger partial charge in [0.15, 0.2) is 0 Å². The molecule has 1 atom stereocenters. The van der Waals surface area contributed by atoms with Crippen molar-refractivity contribution in [1.29, 1.82) is 0 Å². The Morgan fingerprint density at radius 1 is 1.50 bits per heavy atom. The molecule has 0 aromatic carbocycles. The van der Waals surface area contributed by atoms with E-state index in [-0.39, 0.29) is 17.8 Å². The van der Waals surface area contributed by atoms with Crippen molar-refractivity contribution in [2.24, 2.45) is 0 Å². The van der Waals surface area contributed by atoms with Gasteiger partial charge in [-0.2, -0.15) is 0 Å². The van der Waals surface area contributed by atoms with Gasteiger partial charge in [-0.15, -0.1) is 5.10 Å². The molecule has 1 unspecified atom stereocenters. The van der Waals surface area contributed by atoms with E-state index in [1.165, 1.54) is 12.8 Å². The minimum absolute atomic E-state index is 0.165. The van der Waals surface area contributed by atoms with Gasteiger partial charge < -0.3 is 5.32 Å². The van der Waals surface area contributed by atoms with Crippen LogP contribution in [0.2, 0.25) is 0 Å². The van der Waals surface area contributed by atoms with Crippen molar-refractivity contribution in [2.75, 3.05) is 0 Å². The second-order valence-corrected chi connectivity index (χ2v) is 5.19. The summed E-state index contributed by atoms with van der Waals surface area (Å²) in [5.74, 6) is 1.47. The number of carbonyl (C=O) groups excluding carboxylic acids is 1. The predicted molar refractivity (Wildman–Crippen MR) is 69.4 cm³/mol. The van der Waals surface area contributed by atoms with Crippen molar-refractivity contribution < 1.29 is 4.79 Å². The van der Waals surface area contributed by atoms with E-state index >= 15 is 0 Å². The first-order valence-corrected chi connectivity index (χ1v) is 6.94. The van der Waals surface area contributed by atoms with Crippen LogP contribution in [0.3, 0.4) is 0 Å².